The van der Waals surface area contributed by atoms with Crippen molar-refractivity contribution in [2.45, 2.75) is 25.4 Å². The molecule has 3 aromatic rings. The van der Waals surface area contributed by atoms with Crippen molar-refractivity contribution in [3.05, 3.63) is 107 Å². The second-order valence-corrected chi connectivity index (χ2v) is 8.49. The Labute approximate surface area is 185 Å². The van der Waals surface area contributed by atoms with Gasteiger partial charge in [-0.15, -0.1) is 0 Å². The molecule has 1 N–H and O–H groups in total. The summed E-state index contributed by atoms with van der Waals surface area (Å²) >= 11 is 0. The maximum Gasteiger partial charge on any atom is 0.123 e. The molecular formula is C28H30N2O. The van der Waals surface area contributed by atoms with Crippen molar-refractivity contribution in [3.8, 4) is 5.75 Å². The third kappa shape index (κ3) is 3.98. The summed E-state index contributed by atoms with van der Waals surface area (Å²) in [5.41, 5.74) is 6.61. The van der Waals surface area contributed by atoms with Gasteiger partial charge in [0.05, 0.1) is 13.2 Å². The molecule has 1 atom stereocenters. The van der Waals surface area contributed by atoms with Crippen LogP contribution in [0, 0.1) is 5.92 Å². The first-order chi connectivity index (χ1) is 15.3. The van der Waals surface area contributed by atoms with Crippen LogP contribution in [0.4, 0.5) is 0 Å². The number of ether oxygens (including phenoxy) is 1. The van der Waals surface area contributed by atoms with Gasteiger partial charge in [0.2, 0.25) is 0 Å². The molecule has 3 aromatic carbocycles. The van der Waals surface area contributed by atoms with Crippen molar-refractivity contribution >= 4 is 5.57 Å². The van der Waals surface area contributed by atoms with Gasteiger partial charge in [-0.3, -0.25) is 0 Å². The van der Waals surface area contributed by atoms with E-state index in [0.717, 1.165) is 25.4 Å². The van der Waals surface area contributed by atoms with Gasteiger partial charge in [0.15, 0.2) is 0 Å². The zero-order valence-electron chi connectivity index (χ0n) is 18.1. The molecule has 6 rings (SSSR count). The molecule has 3 saturated heterocycles. The molecule has 3 aliphatic heterocycles. The third-order valence-corrected chi connectivity index (χ3v) is 6.73. The van der Waals surface area contributed by atoms with Gasteiger partial charge in [-0.2, -0.15) is 0 Å². The maximum absolute atomic E-state index is 5.60. The largest absolute Gasteiger partial charge is 0.496 e. The van der Waals surface area contributed by atoms with Gasteiger partial charge in [0.1, 0.15) is 5.75 Å². The van der Waals surface area contributed by atoms with Crippen molar-refractivity contribution < 1.29 is 4.74 Å². The average Bonchev–Trinajstić information content (AvgIpc) is 2.85. The minimum atomic E-state index is 0.336. The van der Waals surface area contributed by atoms with Crippen molar-refractivity contribution in [1.29, 1.82) is 0 Å². The lowest BCUT2D eigenvalue weighted by Gasteiger charge is -2.49. The predicted molar refractivity (Wildman–Crippen MR) is 127 cm³/mol. The Morgan fingerprint density at radius 3 is 2.03 bits per heavy atom. The van der Waals surface area contributed by atoms with Gasteiger partial charge in [-0.25, -0.2) is 0 Å². The van der Waals surface area contributed by atoms with Gasteiger partial charge >= 0.3 is 0 Å². The second-order valence-electron chi connectivity index (χ2n) is 8.49. The summed E-state index contributed by atoms with van der Waals surface area (Å²) in [5, 5.41) is 3.93. The Bertz CT molecular complexity index is 995. The zero-order valence-corrected chi connectivity index (χ0v) is 18.1. The van der Waals surface area contributed by atoms with E-state index in [1.165, 1.54) is 40.8 Å². The number of nitrogens with one attached hydrogen (secondary N) is 1. The number of para-hydroxylation sites is 1. The van der Waals surface area contributed by atoms with E-state index in [4.69, 9.17) is 4.74 Å². The van der Waals surface area contributed by atoms with Crippen LogP contribution in [-0.2, 0) is 6.54 Å². The molecule has 2 bridgehead atoms. The standard InChI is InChI=1S/C28H30N2O/c1-31-25-15-9-8-14-24(25)20-29-27-23-16-18-30(19-17-23)28(27)26(21-10-4-2-5-11-21)22-12-6-3-7-13-22/h2-15,23,27,29H,16-20H2,1H3/t27-/m0/s1. The Morgan fingerprint density at radius 2 is 1.42 bits per heavy atom. The molecule has 0 aliphatic carbocycles. The fraction of sp³-hybridized carbons (Fsp3) is 0.286. The molecule has 0 radical (unpaired) electrons. The molecule has 0 spiro atoms. The molecule has 3 heterocycles. The molecular weight excluding hydrogens is 380 g/mol. The van der Waals surface area contributed by atoms with Gasteiger partial charge in [-0.05, 0) is 36.0 Å². The molecule has 31 heavy (non-hydrogen) atoms. The van der Waals surface area contributed by atoms with Crippen LogP contribution >= 0.6 is 0 Å². The monoisotopic (exact) mass is 410 g/mol. The maximum atomic E-state index is 5.60. The Morgan fingerprint density at radius 1 is 0.839 bits per heavy atom. The number of fused-ring (bicyclic) bond motifs is 3. The first-order valence-corrected chi connectivity index (χ1v) is 11.3. The Hall–Kier alpha value is -3.04. The van der Waals surface area contributed by atoms with Gasteiger partial charge in [0, 0.05) is 36.5 Å². The van der Waals surface area contributed by atoms with Gasteiger partial charge in [0.25, 0.3) is 0 Å². The van der Waals surface area contributed by atoms with Crippen LogP contribution in [0.5, 0.6) is 5.75 Å². The van der Waals surface area contributed by atoms with Crippen LogP contribution in [0.2, 0.25) is 0 Å². The smallest absolute Gasteiger partial charge is 0.123 e. The fourth-order valence-electron chi connectivity index (χ4n) is 5.21. The van der Waals surface area contributed by atoms with E-state index >= 15 is 0 Å². The lowest BCUT2D eigenvalue weighted by molar-refractivity contribution is 0.122. The van der Waals surface area contributed by atoms with Crippen molar-refractivity contribution in [1.82, 2.24) is 10.2 Å². The molecule has 3 aliphatic rings. The normalized spacial score (nSPS) is 20.0. The third-order valence-electron chi connectivity index (χ3n) is 6.73. The quantitative estimate of drug-likeness (QED) is 0.594. The molecule has 3 nitrogen and oxygen atoms in total. The van der Waals surface area contributed by atoms with E-state index in [-0.39, 0.29) is 0 Å². The van der Waals surface area contributed by atoms with E-state index in [2.05, 4.69) is 83.0 Å². The number of methoxy groups -OCH3 is 1. The molecule has 0 saturated carbocycles. The van der Waals surface area contributed by atoms with Crippen molar-refractivity contribution in [3.63, 3.8) is 0 Å². The first-order valence-electron chi connectivity index (χ1n) is 11.3. The topological polar surface area (TPSA) is 24.5 Å². The van der Waals surface area contributed by atoms with E-state index in [9.17, 15) is 0 Å². The minimum Gasteiger partial charge on any atom is -0.496 e. The van der Waals surface area contributed by atoms with Gasteiger partial charge < -0.3 is 15.0 Å². The summed E-state index contributed by atoms with van der Waals surface area (Å²) in [7, 11) is 1.75. The van der Waals surface area contributed by atoms with E-state index in [1.807, 2.05) is 12.1 Å². The van der Waals surface area contributed by atoms with Crippen molar-refractivity contribution in [2.24, 2.45) is 5.92 Å². The number of hydrogen-bond acceptors (Lipinski definition) is 3. The number of hydrogen-bond donors (Lipinski definition) is 1. The molecule has 0 amide bonds. The molecule has 3 fully saturated rings. The number of nitrogens with zero attached hydrogens (tertiary/aromatic N) is 1. The molecule has 3 heteroatoms. The highest BCUT2D eigenvalue weighted by Gasteiger charge is 2.39. The minimum absolute atomic E-state index is 0.336. The molecule has 0 aromatic heterocycles. The lowest BCUT2D eigenvalue weighted by Crippen LogP contribution is -2.54. The summed E-state index contributed by atoms with van der Waals surface area (Å²) < 4.78 is 5.60. The van der Waals surface area contributed by atoms with E-state index in [0.29, 0.717) is 12.0 Å². The summed E-state index contributed by atoms with van der Waals surface area (Å²) in [4.78, 5) is 2.62. The van der Waals surface area contributed by atoms with Crippen LogP contribution < -0.4 is 10.1 Å². The second kappa shape index (κ2) is 8.99. The number of rotatable bonds is 6. The first kappa shape index (κ1) is 19.9. The Kier molecular flexibility index (Phi) is 5.77. The summed E-state index contributed by atoms with van der Waals surface area (Å²) in [5.74, 6) is 1.62. The molecule has 158 valence electrons. The molecule has 0 unspecified atom stereocenters. The average molecular weight is 411 g/mol. The SMILES string of the molecule is COc1ccccc1CN[C@@H]1C(=C(c2ccccc2)c2ccccc2)N2CCC1CC2. The summed E-state index contributed by atoms with van der Waals surface area (Å²) in [6, 6.07) is 30.4. The summed E-state index contributed by atoms with van der Waals surface area (Å²) in [6.07, 6.45) is 2.51. The number of benzene rings is 3. The fourth-order valence-corrected chi connectivity index (χ4v) is 5.21. The van der Waals surface area contributed by atoms with Crippen molar-refractivity contribution in [2.75, 3.05) is 20.2 Å². The predicted octanol–water partition coefficient (Wildman–Crippen LogP) is 5.34. The Balaban J connectivity index is 1.58. The van der Waals surface area contributed by atoms with Crippen LogP contribution in [0.25, 0.3) is 5.57 Å². The van der Waals surface area contributed by atoms with Gasteiger partial charge in [-0.1, -0.05) is 78.9 Å². The summed E-state index contributed by atoms with van der Waals surface area (Å²) in [6.45, 7) is 3.10. The zero-order chi connectivity index (χ0) is 21.0. The number of piperidine rings is 3. The van der Waals surface area contributed by atoms with Crippen LogP contribution in [0.15, 0.2) is 90.6 Å². The highest BCUT2D eigenvalue weighted by Crippen LogP contribution is 2.41. The van der Waals surface area contributed by atoms with E-state index in [1.54, 1.807) is 7.11 Å². The lowest BCUT2D eigenvalue weighted by atomic mass is 9.78. The van der Waals surface area contributed by atoms with Crippen LogP contribution in [0.3, 0.4) is 0 Å². The van der Waals surface area contributed by atoms with Crippen LogP contribution in [-0.4, -0.2) is 31.1 Å². The highest BCUT2D eigenvalue weighted by atomic mass is 16.5. The van der Waals surface area contributed by atoms with E-state index < -0.39 is 0 Å². The van der Waals surface area contributed by atoms with Crippen LogP contribution in [0.1, 0.15) is 29.5 Å². The highest BCUT2D eigenvalue weighted by molar-refractivity contribution is 5.82.